The summed E-state index contributed by atoms with van der Waals surface area (Å²) in [4.78, 5) is 0. The summed E-state index contributed by atoms with van der Waals surface area (Å²) in [5, 5.41) is 3.39. The number of hydrogen-bond acceptors (Lipinski definition) is 1. The van der Waals surface area contributed by atoms with Gasteiger partial charge in [0.05, 0.1) is 0 Å². The van der Waals surface area contributed by atoms with Gasteiger partial charge in [0.15, 0.2) is 0 Å². The fourth-order valence-electron chi connectivity index (χ4n) is 2.97. The number of rotatable bonds is 0. The molecule has 1 aromatic rings. The first-order chi connectivity index (χ1) is 6.80. The number of nitrogens with one attached hydrogen (secondary N) is 1. The highest BCUT2D eigenvalue weighted by Crippen LogP contribution is 2.47. The Bertz CT molecular complexity index is 367. The molecule has 0 bridgehead atoms. The van der Waals surface area contributed by atoms with Gasteiger partial charge in [-0.3, -0.25) is 0 Å². The molecular formula is C12H14FN. The lowest BCUT2D eigenvalue weighted by Crippen LogP contribution is -2.24. The molecule has 1 saturated carbocycles. The van der Waals surface area contributed by atoms with Crippen molar-refractivity contribution in [3.63, 3.8) is 0 Å². The standard InChI is InChI=1S/C12H14FN/c13-9-3-4-11-10(7-9)12(8-14-11)5-1-2-6-12/h3-4,7,14H,1-2,5-6,8H2. The normalized spacial score (nSPS) is 22.4. The van der Waals surface area contributed by atoms with E-state index in [4.69, 9.17) is 0 Å². The summed E-state index contributed by atoms with van der Waals surface area (Å²) >= 11 is 0. The van der Waals surface area contributed by atoms with Gasteiger partial charge in [0.2, 0.25) is 0 Å². The first-order valence-corrected chi connectivity index (χ1v) is 5.34. The van der Waals surface area contributed by atoms with Crippen LogP contribution < -0.4 is 5.32 Å². The van der Waals surface area contributed by atoms with E-state index in [1.807, 2.05) is 6.07 Å². The Kier molecular flexibility index (Phi) is 1.61. The van der Waals surface area contributed by atoms with Crippen molar-refractivity contribution >= 4 is 5.69 Å². The van der Waals surface area contributed by atoms with Gasteiger partial charge in [0, 0.05) is 17.6 Å². The highest BCUT2D eigenvalue weighted by Gasteiger charge is 2.41. The molecule has 0 saturated heterocycles. The van der Waals surface area contributed by atoms with Gasteiger partial charge in [-0.1, -0.05) is 12.8 Å². The molecule has 1 fully saturated rings. The summed E-state index contributed by atoms with van der Waals surface area (Å²) < 4.78 is 13.2. The van der Waals surface area contributed by atoms with E-state index >= 15 is 0 Å². The summed E-state index contributed by atoms with van der Waals surface area (Å²) in [7, 11) is 0. The molecule has 0 amide bonds. The van der Waals surface area contributed by atoms with Crippen molar-refractivity contribution in [1.82, 2.24) is 0 Å². The SMILES string of the molecule is Fc1ccc2c(c1)C1(CCCC1)CN2. The minimum absolute atomic E-state index is 0.0984. The fourth-order valence-corrected chi connectivity index (χ4v) is 2.97. The molecule has 3 rings (SSSR count). The van der Waals surface area contributed by atoms with E-state index in [1.54, 1.807) is 12.1 Å². The van der Waals surface area contributed by atoms with Gasteiger partial charge >= 0.3 is 0 Å². The van der Waals surface area contributed by atoms with E-state index in [2.05, 4.69) is 5.32 Å². The molecule has 2 aliphatic rings. The summed E-state index contributed by atoms with van der Waals surface area (Å²) in [6, 6.07) is 5.14. The number of anilines is 1. The molecule has 1 aliphatic heterocycles. The Labute approximate surface area is 83.3 Å². The lowest BCUT2D eigenvalue weighted by atomic mass is 9.81. The zero-order chi connectivity index (χ0) is 9.60. The van der Waals surface area contributed by atoms with Crippen molar-refractivity contribution in [2.24, 2.45) is 0 Å². The van der Waals surface area contributed by atoms with E-state index in [9.17, 15) is 4.39 Å². The van der Waals surface area contributed by atoms with Crippen molar-refractivity contribution in [2.75, 3.05) is 11.9 Å². The van der Waals surface area contributed by atoms with Crippen LogP contribution >= 0.6 is 0 Å². The molecule has 0 unspecified atom stereocenters. The summed E-state index contributed by atoms with van der Waals surface area (Å²) in [6.45, 7) is 1.01. The molecule has 0 aromatic heterocycles. The van der Waals surface area contributed by atoms with Crippen LogP contribution in [0.25, 0.3) is 0 Å². The lowest BCUT2D eigenvalue weighted by molar-refractivity contribution is 0.485. The Morgan fingerprint density at radius 2 is 2.00 bits per heavy atom. The fraction of sp³-hybridized carbons (Fsp3) is 0.500. The number of fused-ring (bicyclic) bond motifs is 2. The van der Waals surface area contributed by atoms with Gasteiger partial charge in [-0.05, 0) is 36.6 Å². The molecule has 1 N–H and O–H groups in total. The second-order valence-corrected chi connectivity index (χ2v) is 4.53. The van der Waals surface area contributed by atoms with Crippen LogP contribution in [0.4, 0.5) is 10.1 Å². The number of halogens is 1. The molecule has 1 spiro atoms. The lowest BCUT2D eigenvalue weighted by Gasteiger charge is -2.22. The third-order valence-electron chi connectivity index (χ3n) is 3.73. The van der Waals surface area contributed by atoms with Crippen molar-refractivity contribution in [2.45, 2.75) is 31.1 Å². The zero-order valence-corrected chi connectivity index (χ0v) is 8.15. The summed E-state index contributed by atoms with van der Waals surface area (Å²) in [6.07, 6.45) is 5.02. The van der Waals surface area contributed by atoms with E-state index in [-0.39, 0.29) is 11.2 Å². The third-order valence-corrected chi connectivity index (χ3v) is 3.73. The first-order valence-electron chi connectivity index (χ1n) is 5.34. The maximum atomic E-state index is 13.2. The second kappa shape index (κ2) is 2.72. The topological polar surface area (TPSA) is 12.0 Å². The third kappa shape index (κ3) is 0.999. The molecule has 1 aliphatic carbocycles. The van der Waals surface area contributed by atoms with Crippen LogP contribution in [-0.4, -0.2) is 6.54 Å². The van der Waals surface area contributed by atoms with Crippen molar-refractivity contribution in [3.05, 3.63) is 29.6 Å². The minimum Gasteiger partial charge on any atom is -0.384 e. The van der Waals surface area contributed by atoms with E-state index in [0.29, 0.717) is 0 Å². The van der Waals surface area contributed by atoms with E-state index in [0.717, 1.165) is 12.2 Å². The quantitative estimate of drug-likeness (QED) is 0.664. The van der Waals surface area contributed by atoms with Gasteiger partial charge in [-0.25, -0.2) is 4.39 Å². The largest absolute Gasteiger partial charge is 0.384 e. The van der Waals surface area contributed by atoms with Gasteiger partial charge in [0.1, 0.15) is 5.82 Å². The average Bonchev–Trinajstić information content (AvgIpc) is 2.77. The van der Waals surface area contributed by atoms with Crippen molar-refractivity contribution in [3.8, 4) is 0 Å². The predicted molar refractivity (Wildman–Crippen MR) is 55.0 cm³/mol. The highest BCUT2D eigenvalue weighted by atomic mass is 19.1. The summed E-state index contributed by atoms with van der Waals surface area (Å²) in [5.41, 5.74) is 2.63. The molecule has 2 heteroatoms. The van der Waals surface area contributed by atoms with Gasteiger partial charge in [-0.15, -0.1) is 0 Å². The van der Waals surface area contributed by atoms with Crippen LogP contribution in [0.5, 0.6) is 0 Å². The van der Waals surface area contributed by atoms with Gasteiger partial charge in [-0.2, -0.15) is 0 Å². The van der Waals surface area contributed by atoms with Crippen LogP contribution in [0, 0.1) is 5.82 Å². The van der Waals surface area contributed by atoms with E-state index in [1.165, 1.54) is 31.2 Å². The molecule has 1 heterocycles. The molecule has 1 aromatic carbocycles. The zero-order valence-electron chi connectivity index (χ0n) is 8.15. The van der Waals surface area contributed by atoms with Crippen molar-refractivity contribution < 1.29 is 4.39 Å². The predicted octanol–water partition coefficient (Wildman–Crippen LogP) is 3.06. The van der Waals surface area contributed by atoms with Crippen LogP contribution in [0.2, 0.25) is 0 Å². The maximum Gasteiger partial charge on any atom is 0.123 e. The number of hydrogen-bond donors (Lipinski definition) is 1. The maximum absolute atomic E-state index is 13.2. The first kappa shape index (κ1) is 8.27. The molecule has 0 radical (unpaired) electrons. The van der Waals surface area contributed by atoms with Crippen LogP contribution in [-0.2, 0) is 5.41 Å². The smallest absolute Gasteiger partial charge is 0.123 e. The highest BCUT2D eigenvalue weighted by molar-refractivity contribution is 5.60. The number of benzene rings is 1. The van der Waals surface area contributed by atoms with Crippen molar-refractivity contribution in [1.29, 1.82) is 0 Å². The Morgan fingerprint density at radius 3 is 2.79 bits per heavy atom. The van der Waals surface area contributed by atoms with E-state index < -0.39 is 0 Å². The van der Waals surface area contributed by atoms with Crippen LogP contribution in [0.3, 0.4) is 0 Å². The minimum atomic E-state index is -0.0984. The monoisotopic (exact) mass is 191 g/mol. The Balaban J connectivity index is 2.12. The Morgan fingerprint density at radius 1 is 1.21 bits per heavy atom. The molecule has 0 atom stereocenters. The van der Waals surface area contributed by atoms with Gasteiger partial charge in [0.25, 0.3) is 0 Å². The molecule has 74 valence electrons. The molecular weight excluding hydrogens is 177 g/mol. The Hall–Kier alpha value is -1.05. The van der Waals surface area contributed by atoms with Crippen LogP contribution in [0.1, 0.15) is 31.2 Å². The van der Waals surface area contributed by atoms with Crippen LogP contribution in [0.15, 0.2) is 18.2 Å². The second-order valence-electron chi connectivity index (χ2n) is 4.53. The van der Waals surface area contributed by atoms with Gasteiger partial charge < -0.3 is 5.32 Å². The molecule has 1 nitrogen and oxygen atoms in total. The summed E-state index contributed by atoms with van der Waals surface area (Å²) in [5.74, 6) is -0.0984. The average molecular weight is 191 g/mol. The molecule has 14 heavy (non-hydrogen) atoms.